The molecule has 29 heavy (non-hydrogen) atoms. The highest BCUT2D eigenvalue weighted by Gasteiger charge is 2.37. The largest absolute Gasteiger partial charge is 0.490 e. The van der Waals surface area contributed by atoms with Crippen LogP contribution >= 0.6 is 23.2 Å². The molecule has 1 heterocycles. The molecule has 2 aromatic carbocycles. The Bertz CT molecular complexity index is 1050. The minimum Gasteiger partial charge on any atom is -0.490 e. The topological polar surface area (TPSA) is 75.7 Å². The van der Waals surface area contributed by atoms with Crippen LogP contribution in [0, 0.1) is 6.92 Å². The van der Waals surface area contributed by atoms with E-state index in [2.05, 4.69) is 5.32 Å². The summed E-state index contributed by atoms with van der Waals surface area (Å²) in [6, 6.07) is 8.90. The number of carbonyl (C=O) groups is 3. The van der Waals surface area contributed by atoms with Crippen LogP contribution in [0.5, 0.6) is 5.75 Å². The number of benzene rings is 2. The fraction of sp³-hybridized carbons (Fsp3) is 0.190. The van der Waals surface area contributed by atoms with Gasteiger partial charge in [-0.25, -0.2) is 9.69 Å². The maximum atomic E-state index is 13.1. The van der Waals surface area contributed by atoms with Crippen molar-refractivity contribution in [1.29, 1.82) is 0 Å². The van der Waals surface area contributed by atoms with Crippen molar-refractivity contribution in [3.63, 3.8) is 0 Å². The standard InChI is InChI=1S/C21H18Cl2N2O4/c1-11(2)29-18-8-7-14(22)9-13(18)10-15-19(26)24-21(28)25(20(15)27)17-6-4-5-16(23)12(17)3/h4-11H,1-3H3,(H,24,26,28)/b15-10+. The Morgan fingerprint density at radius 1 is 1.10 bits per heavy atom. The maximum absolute atomic E-state index is 13.1. The molecule has 0 radical (unpaired) electrons. The van der Waals surface area contributed by atoms with E-state index in [1.54, 1.807) is 43.3 Å². The molecule has 8 heteroatoms. The highest BCUT2D eigenvalue weighted by atomic mass is 35.5. The lowest BCUT2D eigenvalue weighted by Crippen LogP contribution is -2.54. The van der Waals surface area contributed by atoms with Crippen LogP contribution in [0.15, 0.2) is 42.0 Å². The Morgan fingerprint density at radius 3 is 2.52 bits per heavy atom. The highest BCUT2D eigenvalue weighted by molar-refractivity contribution is 6.40. The summed E-state index contributed by atoms with van der Waals surface area (Å²) >= 11 is 12.2. The Labute approximate surface area is 178 Å². The number of imide groups is 2. The first kappa shape index (κ1) is 20.9. The molecule has 1 fully saturated rings. The number of nitrogens with one attached hydrogen (secondary N) is 1. The monoisotopic (exact) mass is 432 g/mol. The molecule has 2 aromatic rings. The average Bonchev–Trinajstić information content (AvgIpc) is 2.63. The van der Waals surface area contributed by atoms with E-state index < -0.39 is 17.8 Å². The molecule has 0 saturated carbocycles. The molecule has 6 nitrogen and oxygen atoms in total. The van der Waals surface area contributed by atoms with Crippen LogP contribution in [-0.4, -0.2) is 23.9 Å². The zero-order valence-corrected chi connectivity index (χ0v) is 17.5. The van der Waals surface area contributed by atoms with Crippen molar-refractivity contribution in [2.24, 2.45) is 0 Å². The summed E-state index contributed by atoms with van der Waals surface area (Å²) in [7, 11) is 0. The first-order valence-electron chi connectivity index (χ1n) is 8.82. The number of ether oxygens (including phenoxy) is 1. The highest BCUT2D eigenvalue weighted by Crippen LogP contribution is 2.31. The van der Waals surface area contributed by atoms with Crippen LogP contribution in [0.25, 0.3) is 6.08 Å². The molecule has 0 spiro atoms. The summed E-state index contributed by atoms with van der Waals surface area (Å²) in [6.07, 6.45) is 1.23. The number of hydrogen-bond acceptors (Lipinski definition) is 4. The molecule has 0 aromatic heterocycles. The minimum atomic E-state index is -0.840. The van der Waals surface area contributed by atoms with Gasteiger partial charge in [-0.15, -0.1) is 0 Å². The molecule has 1 saturated heterocycles. The van der Waals surface area contributed by atoms with E-state index in [0.29, 0.717) is 32.6 Å². The third kappa shape index (κ3) is 4.28. The van der Waals surface area contributed by atoms with Crippen LogP contribution in [0.1, 0.15) is 25.0 Å². The molecule has 0 aliphatic carbocycles. The van der Waals surface area contributed by atoms with Gasteiger partial charge < -0.3 is 4.74 Å². The van der Waals surface area contributed by atoms with Gasteiger partial charge in [0.25, 0.3) is 11.8 Å². The number of urea groups is 1. The van der Waals surface area contributed by atoms with Gasteiger partial charge in [0.15, 0.2) is 0 Å². The predicted molar refractivity (Wildman–Crippen MR) is 112 cm³/mol. The lowest BCUT2D eigenvalue weighted by Gasteiger charge is -2.28. The fourth-order valence-corrected chi connectivity index (χ4v) is 3.21. The third-order valence-electron chi connectivity index (χ3n) is 4.22. The summed E-state index contributed by atoms with van der Waals surface area (Å²) in [4.78, 5) is 38.8. The molecular weight excluding hydrogens is 415 g/mol. The molecule has 0 atom stereocenters. The van der Waals surface area contributed by atoms with E-state index >= 15 is 0 Å². The Kier molecular flexibility index (Phi) is 5.96. The molecule has 0 bridgehead atoms. The predicted octanol–water partition coefficient (Wildman–Crippen LogP) is 4.76. The summed E-state index contributed by atoms with van der Waals surface area (Å²) in [5, 5.41) is 3.00. The van der Waals surface area contributed by atoms with E-state index in [9.17, 15) is 14.4 Å². The van der Waals surface area contributed by atoms with Gasteiger partial charge in [-0.05, 0) is 62.7 Å². The molecule has 1 aliphatic heterocycles. The zero-order chi connectivity index (χ0) is 21.3. The molecule has 150 valence electrons. The van der Waals surface area contributed by atoms with Gasteiger partial charge in [0.2, 0.25) is 0 Å². The minimum absolute atomic E-state index is 0.128. The number of rotatable bonds is 4. The van der Waals surface area contributed by atoms with Gasteiger partial charge in [-0.3, -0.25) is 14.9 Å². The van der Waals surface area contributed by atoms with Crippen molar-refractivity contribution in [3.05, 3.63) is 63.1 Å². The first-order chi connectivity index (χ1) is 13.7. The normalized spacial score (nSPS) is 15.9. The van der Waals surface area contributed by atoms with Crippen molar-refractivity contribution >= 4 is 52.8 Å². The number of carbonyl (C=O) groups excluding carboxylic acids is 3. The summed E-state index contributed by atoms with van der Waals surface area (Å²) in [5.74, 6) is -1.11. The number of nitrogens with zero attached hydrogens (tertiary/aromatic N) is 1. The lowest BCUT2D eigenvalue weighted by atomic mass is 10.0. The Morgan fingerprint density at radius 2 is 1.83 bits per heavy atom. The molecule has 1 N–H and O–H groups in total. The van der Waals surface area contributed by atoms with E-state index in [1.165, 1.54) is 6.08 Å². The number of amides is 4. The van der Waals surface area contributed by atoms with Crippen molar-refractivity contribution in [2.75, 3.05) is 4.90 Å². The average molecular weight is 433 g/mol. The van der Waals surface area contributed by atoms with Gasteiger partial charge in [-0.1, -0.05) is 29.3 Å². The molecular formula is C21H18Cl2N2O4. The molecule has 0 unspecified atom stereocenters. The van der Waals surface area contributed by atoms with Crippen LogP contribution in [-0.2, 0) is 9.59 Å². The first-order valence-corrected chi connectivity index (χ1v) is 9.57. The third-order valence-corrected chi connectivity index (χ3v) is 4.86. The maximum Gasteiger partial charge on any atom is 0.335 e. The van der Waals surface area contributed by atoms with Gasteiger partial charge in [-0.2, -0.15) is 0 Å². The lowest BCUT2D eigenvalue weighted by molar-refractivity contribution is -0.122. The van der Waals surface area contributed by atoms with Crippen LogP contribution < -0.4 is 15.0 Å². The quantitative estimate of drug-likeness (QED) is 0.558. The number of hydrogen-bond donors (Lipinski definition) is 1. The van der Waals surface area contributed by atoms with Gasteiger partial charge >= 0.3 is 6.03 Å². The number of anilines is 1. The van der Waals surface area contributed by atoms with Gasteiger partial charge in [0.05, 0.1) is 11.8 Å². The zero-order valence-electron chi connectivity index (χ0n) is 16.0. The van der Waals surface area contributed by atoms with E-state index in [4.69, 9.17) is 27.9 Å². The number of halogens is 2. The molecule has 4 amide bonds. The van der Waals surface area contributed by atoms with Crippen molar-refractivity contribution in [3.8, 4) is 5.75 Å². The molecule has 1 aliphatic rings. The van der Waals surface area contributed by atoms with E-state index in [1.807, 2.05) is 13.8 Å². The van der Waals surface area contributed by atoms with E-state index in [0.717, 1.165) is 4.90 Å². The molecule has 3 rings (SSSR count). The fourth-order valence-electron chi connectivity index (χ4n) is 2.86. The summed E-state index contributed by atoms with van der Waals surface area (Å²) in [5.41, 5.74) is 1.06. The second kappa shape index (κ2) is 8.27. The second-order valence-electron chi connectivity index (χ2n) is 6.69. The number of barbiturate groups is 1. The van der Waals surface area contributed by atoms with Crippen LogP contribution in [0.2, 0.25) is 10.0 Å². The van der Waals surface area contributed by atoms with Gasteiger partial charge in [0, 0.05) is 15.6 Å². The van der Waals surface area contributed by atoms with Crippen molar-refractivity contribution in [1.82, 2.24) is 5.32 Å². The van der Waals surface area contributed by atoms with E-state index in [-0.39, 0.29) is 11.7 Å². The second-order valence-corrected chi connectivity index (χ2v) is 7.53. The summed E-state index contributed by atoms with van der Waals surface area (Å²) < 4.78 is 5.74. The Balaban J connectivity index is 2.09. The smallest absolute Gasteiger partial charge is 0.335 e. The van der Waals surface area contributed by atoms with Crippen LogP contribution in [0.4, 0.5) is 10.5 Å². The Hall–Kier alpha value is -2.83. The van der Waals surface area contributed by atoms with Crippen molar-refractivity contribution in [2.45, 2.75) is 26.9 Å². The SMILES string of the molecule is Cc1c(Cl)cccc1N1C(=O)NC(=O)/C(=C\c2cc(Cl)ccc2OC(C)C)C1=O. The van der Waals surface area contributed by atoms with Crippen molar-refractivity contribution < 1.29 is 19.1 Å². The summed E-state index contributed by atoms with van der Waals surface area (Å²) in [6.45, 7) is 5.39. The van der Waals surface area contributed by atoms with Crippen LogP contribution in [0.3, 0.4) is 0 Å². The van der Waals surface area contributed by atoms with Gasteiger partial charge in [0.1, 0.15) is 11.3 Å².